The maximum absolute atomic E-state index is 13.2. The molecule has 194 valence electrons. The van der Waals surface area contributed by atoms with Crippen molar-refractivity contribution in [3.05, 3.63) is 94.4 Å². The van der Waals surface area contributed by atoms with Crippen LogP contribution >= 0.6 is 0 Å². The Morgan fingerprint density at radius 1 is 1.00 bits per heavy atom. The Hall–Kier alpha value is -4.52. The zero-order valence-corrected chi connectivity index (χ0v) is 21.6. The molecule has 1 amide bonds. The quantitative estimate of drug-likeness (QED) is 0.224. The minimum atomic E-state index is -0.634. The van der Waals surface area contributed by atoms with Crippen LogP contribution in [0.2, 0.25) is 0 Å². The van der Waals surface area contributed by atoms with E-state index in [4.69, 9.17) is 18.6 Å². The SMILES string of the molecule is COc1cccc(-c2cc(C(=O)Nc3cc4ccc(OC5C=CCCC5)c(C)c4oc3=O)ccc2OC)c1. The van der Waals surface area contributed by atoms with Gasteiger partial charge >= 0.3 is 5.63 Å². The molecule has 0 aliphatic heterocycles. The topological polar surface area (TPSA) is 87.0 Å². The second kappa shape index (κ2) is 10.8. The van der Waals surface area contributed by atoms with E-state index in [0.717, 1.165) is 36.0 Å². The van der Waals surface area contributed by atoms with E-state index in [0.29, 0.717) is 33.8 Å². The van der Waals surface area contributed by atoms with Crippen molar-refractivity contribution in [2.45, 2.75) is 32.3 Å². The summed E-state index contributed by atoms with van der Waals surface area (Å²) in [7, 11) is 3.17. The van der Waals surface area contributed by atoms with E-state index in [9.17, 15) is 9.59 Å². The van der Waals surface area contributed by atoms with E-state index < -0.39 is 11.5 Å². The summed E-state index contributed by atoms with van der Waals surface area (Å²) in [5.41, 5.74) is 2.53. The number of rotatable bonds is 7. The molecule has 1 aliphatic rings. The Morgan fingerprint density at radius 2 is 1.84 bits per heavy atom. The number of anilines is 1. The molecule has 7 nitrogen and oxygen atoms in total. The monoisotopic (exact) mass is 511 g/mol. The summed E-state index contributed by atoms with van der Waals surface area (Å²) in [5.74, 6) is 1.53. The summed E-state index contributed by atoms with van der Waals surface area (Å²) in [4.78, 5) is 26.0. The van der Waals surface area contributed by atoms with E-state index in [-0.39, 0.29) is 11.8 Å². The molecule has 4 aromatic rings. The zero-order valence-electron chi connectivity index (χ0n) is 21.6. The predicted octanol–water partition coefficient (Wildman–Crippen LogP) is 6.53. The van der Waals surface area contributed by atoms with Gasteiger partial charge < -0.3 is 23.9 Å². The highest BCUT2D eigenvalue weighted by atomic mass is 16.5. The second-order valence-corrected chi connectivity index (χ2v) is 9.17. The van der Waals surface area contributed by atoms with Gasteiger partial charge in [-0.3, -0.25) is 4.79 Å². The van der Waals surface area contributed by atoms with Crippen LogP contribution in [0.3, 0.4) is 0 Å². The number of hydrogen-bond donors (Lipinski definition) is 1. The summed E-state index contributed by atoms with van der Waals surface area (Å²) in [5, 5.41) is 3.40. The fraction of sp³-hybridized carbons (Fsp3) is 0.226. The van der Waals surface area contributed by atoms with Crippen LogP contribution in [0.15, 0.2) is 82.0 Å². The minimum absolute atomic E-state index is 0.0107. The van der Waals surface area contributed by atoms with Gasteiger partial charge in [0.1, 0.15) is 34.6 Å². The molecule has 1 aromatic heterocycles. The molecular formula is C31H29NO6. The van der Waals surface area contributed by atoms with Crippen LogP contribution in [-0.4, -0.2) is 26.2 Å². The van der Waals surface area contributed by atoms with E-state index >= 15 is 0 Å². The van der Waals surface area contributed by atoms with Gasteiger partial charge in [0.25, 0.3) is 5.91 Å². The number of fused-ring (bicyclic) bond motifs is 1. The Balaban J connectivity index is 1.42. The molecule has 1 atom stereocenters. The van der Waals surface area contributed by atoms with E-state index in [2.05, 4.69) is 17.5 Å². The number of ether oxygens (including phenoxy) is 3. The van der Waals surface area contributed by atoms with Crippen molar-refractivity contribution in [3.8, 4) is 28.4 Å². The maximum Gasteiger partial charge on any atom is 0.360 e. The number of carbonyl (C=O) groups is 1. The van der Waals surface area contributed by atoms with E-state index in [1.54, 1.807) is 38.5 Å². The number of amides is 1. The standard InChI is InChI=1S/C31H29NO6/c1-19-27(37-23-9-5-4-6-10-23)14-12-21-18-26(31(34)38-29(19)21)32-30(33)22-13-15-28(36-3)25(17-22)20-8-7-11-24(16-20)35-2/h5,7-9,11-18,23H,4,6,10H2,1-3H3,(H,32,33). The molecule has 0 radical (unpaired) electrons. The highest BCUT2D eigenvalue weighted by molar-refractivity contribution is 6.05. The number of nitrogens with one attached hydrogen (secondary N) is 1. The van der Waals surface area contributed by atoms with Gasteiger partial charge in [-0.25, -0.2) is 4.79 Å². The lowest BCUT2D eigenvalue weighted by atomic mass is 10.0. The van der Waals surface area contributed by atoms with Gasteiger partial charge in [0.15, 0.2) is 0 Å². The van der Waals surface area contributed by atoms with Crippen LogP contribution < -0.4 is 25.2 Å². The van der Waals surface area contributed by atoms with Crippen molar-refractivity contribution >= 4 is 22.6 Å². The molecule has 1 aliphatic carbocycles. The Labute approximate surface area is 220 Å². The first-order valence-electron chi connectivity index (χ1n) is 12.5. The number of hydrogen-bond acceptors (Lipinski definition) is 6. The Bertz CT molecular complexity index is 1590. The molecule has 0 bridgehead atoms. The van der Waals surface area contributed by atoms with Crippen molar-refractivity contribution in [1.82, 2.24) is 0 Å². The van der Waals surface area contributed by atoms with Gasteiger partial charge in [0.2, 0.25) is 0 Å². The van der Waals surface area contributed by atoms with Crippen molar-refractivity contribution in [3.63, 3.8) is 0 Å². The zero-order chi connectivity index (χ0) is 26.6. The van der Waals surface area contributed by atoms with Gasteiger partial charge in [0, 0.05) is 22.1 Å². The largest absolute Gasteiger partial charge is 0.497 e. The molecule has 5 rings (SSSR count). The molecule has 0 spiro atoms. The molecule has 1 N–H and O–H groups in total. The van der Waals surface area contributed by atoms with Gasteiger partial charge in [-0.2, -0.15) is 0 Å². The van der Waals surface area contributed by atoms with Crippen molar-refractivity contribution < 1.29 is 23.4 Å². The molecular weight excluding hydrogens is 482 g/mol. The van der Waals surface area contributed by atoms with E-state index in [1.807, 2.05) is 43.3 Å². The second-order valence-electron chi connectivity index (χ2n) is 9.17. The minimum Gasteiger partial charge on any atom is -0.497 e. The normalized spacial score (nSPS) is 14.8. The highest BCUT2D eigenvalue weighted by Crippen LogP contribution is 2.33. The summed E-state index contributed by atoms with van der Waals surface area (Å²) in [6.45, 7) is 1.86. The maximum atomic E-state index is 13.2. The number of methoxy groups -OCH3 is 2. The number of carbonyl (C=O) groups excluding carboxylic acids is 1. The van der Waals surface area contributed by atoms with Crippen LogP contribution in [0.4, 0.5) is 5.69 Å². The number of aryl methyl sites for hydroxylation is 1. The van der Waals surface area contributed by atoms with Crippen LogP contribution in [0.25, 0.3) is 22.1 Å². The highest BCUT2D eigenvalue weighted by Gasteiger charge is 2.18. The van der Waals surface area contributed by atoms with Gasteiger partial charge in [-0.15, -0.1) is 0 Å². The number of benzene rings is 3. The Kier molecular flexibility index (Phi) is 7.18. The summed E-state index contributed by atoms with van der Waals surface area (Å²) in [6, 6.07) is 17.9. The third kappa shape index (κ3) is 5.13. The average molecular weight is 512 g/mol. The van der Waals surface area contributed by atoms with Gasteiger partial charge in [0.05, 0.1) is 14.2 Å². The van der Waals surface area contributed by atoms with Crippen molar-refractivity contribution in [1.29, 1.82) is 0 Å². The third-order valence-corrected chi connectivity index (χ3v) is 6.68. The smallest absolute Gasteiger partial charge is 0.360 e. The fourth-order valence-electron chi connectivity index (χ4n) is 4.62. The molecule has 1 heterocycles. The van der Waals surface area contributed by atoms with Crippen LogP contribution in [-0.2, 0) is 0 Å². The predicted molar refractivity (Wildman–Crippen MR) is 148 cm³/mol. The number of allylic oxidation sites excluding steroid dienone is 1. The van der Waals surface area contributed by atoms with Gasteiger partial charge in [-0.05, 0) is 86.4 Å². The van der Waals surface area contributed by atoms with Crippen LogP contribution in [0.1, 0.15) is 35.2 Å². The molecule has 1 unspecified atom stereocenters. The first-order chi connectivity index (χ1) is 18.5. The third-order valence-electron chi connectivity index (χ3n) is 6.68. The summed E-state index contributed by atoms with van der Waals surface area (Å²) in [6.07, 6.45) is 7.31. The van der Waals surface area contributed by atoms with E-state index in [1.165, 1.54) is 0 Å². The summed E-state index contributed by atoms with van der Waals surface area (Å²) >= 11 is 0. The lowest BCUT2D eigenvalue weighted by Crippen LogP contribution is -2.18. The molecule has 7 heteroatoms. The van der Waals surface area contributed by atoms with Gasteiger partial charge in [-0.1, -0.05) is 18.2 Å². The van der Waals surface area contributed by atoms with Crippen LogP contribution in [0.5, 0.6) is 17.2 Å². The first-order valence-corrected chi connectivity index (χ1v) is 12.5. The molecule has 3 aromatic carbocycles. The molecule has 38 heavy (non-hydrogen) atoms. The van der Waals surface area contributed by atoms with Crippen molar-refractivity contribution in [2.75, 3.05) is 19.5 Å². The fourth-order valence-corrected chi connectivity index (χ4v) is 4.62. The average Bonchev–Trinajstić information content (AvgIpc) is 2.95. The lowest BCUT2D eigenvalue weighted by molar-refractivity contribution is 0.102. The first kappa shape index (κ1) is 25.1. The summed E-state index contributed by atoms with van der Waals surface area (Å²) < 4.78 is 22.6. The Morgan fingerprint density at radius 3 is 2.61 bits per heavy atom. The molecule has 0 fully saturated rings. The van der Waals surface area contributed by atoms with Crippen molar-refractivity contribution in [2.24, 2.45) is 0 Å². The lowest BCUT2D eigenvalue weighted by Gasteiger charge is -2.20. The van der Waals surface area contributed by atoms with Crippen LogP contribution in [0, 0.1) is 6.92 Å². The molecule has 0 saturated heterocycles. The molecule has 0 saturated carbocycles.